The molecule has 1 aliphatic heterocycles. The van der Waals surface area contributed by atoms with Crippen LogP contribution in [-0.2, 0) is 0 Å². The quantitative estimate of drug-likeness (QED) is 0.614. The molecular weight excluding hydrogens is 134 g/mol. The van der Waals surface area contributed by atoms with Gasteiger partial charge in [0.05, 0.1) is 0 Å². The Labute approximate surface area is 71.4 Å². The van der Waals surface area contributed by atoms with E-state index in [-0.39, 0.29) is 6.97 Å². The molecule has 1 nitrogen and oxygen atoms in total. The van der Waals surface area contributed by atoms with Crippen molar-refractivity contribution >= 4 is 0 Å². The molecule has 11 heavy (non-hydrogen) atoms. The lowest BCUT2D eigenvalue weighted by atomic mass is 9.88. The van der Waals surface area contributed by atoms with Crippen molar-refractivity contribution in [2.75, 3.05) is 0 Å². The van der Waals surface area contributed by atoms with Crippen molar-refractivity contribution < 1.29 is 1.43 Å². The number of hydrogen-bond acceptors (Lipinski definition) is 1. The van der Waals surface area contributed by atoms with Crippen molar-refractivity contribution in [1.82, 2.24) is 5.32 Å². The summed E-state index contributed by atoms with van der Waals surface area (Å²) in [7, 11) is 0. The second-order valence-electron chi connectivity index (χ2n) is 4.59. The van der Waals surface area contributed by atoms with E-state index in [4.69, 9.17) is 0 Å². The molecule has 0 saturated carbocycles. The summed E-state index contributed by atoms with van der Waals surface area (Å²) in [6.45, 7) is 13.0. The van der Waals surface area contributed by atoms with E-state index in [0.29, 0.717) is 5.92 Å². The number of allylic oxidation sites excluding steroid dienone is 1. The van der Waals surface area contributed by atoms with E-state index in [2.05, 4.69) is 39.6 Å². The maximum Gasteiger partial charge on any atom is 0.0320 e. The van der Waals surface area contributed by atoms with Crippen LogP contribution in [0.5, 0.6) is 0 Å². The van der Waals surface area contributed by atoms with Crippen molar-refractivity contribution in [3.05, 3.63) is 12.3 Å². The van der Waals surface area contributed by atoms with E-state index in [1.54, 1.807) is 0 Å². The molecule has 0 aliphatic carbocycles. The first-order valence-electron chi connectivity index (χ1n) is 4.39. The first kappa shape index (κ1) is 8.63. The van der Waals surface area contributed by atoms with Crippen LogP contribution in [0.3, 0.4) is 0 Å². The standard InChI is InChI=1S/C10H19N.H2/c1-7(2)9-6-10(4,5)11-8(9)3;/h7,9,11H,3,6H2,1-2,4-5H3;1H. The van der Waals surface area contributed by atoms with Crippen molar-refractivity contribution in [2.24, 2.45) is 11.8 Å². The Bertz CT molecular complexity index is 173. The van der Waals surface area contributed by atoms with E-state index in [0.717, 1.165) is 5.92 Å². The minimum atomic E-state index is 0. The second-order valence-corrected chi connectivity index (χ2v) is 4.59. The summed E-state index contributed by atoms with van der Waals surface area (Å²) >= 11 is 0. The highest BCUT2D eigenvalue weighted by Crippen LogP contribution is 2.34. The molecule has 1 atom stereocenters. The maximum absolute atomic E-state index is 4.04. The smallest absolute Gasteiger partial charge is 0.0320 e. The summed E-state index contributed by atoms with van der Waals surface area (Å²) in [5, 5.41) is 3.43. The normalized spacial score (nSPS) is 29.2. The predicted octanol–water partition coefficient (Wildman–Crippen LogP) is 2.79. The summed E-state index contributed by atoms with van der Waals surface area (Å²) in [6, 6.07) is 0. The van der Waals surface area contributed by atoms with Crippen LogP contribution in [-0.4, -0.2) is 5.54 Å². The van der Waals surface area contributed by atoms with Gasteiger partial charge in [0, 0.05) is 18.6 Å². The van der Waals surface area contributed by atoms with Crippen LogP contribution in [0.4, 0.5) is 0 Å². The van der Waals surface area contributed by atoms with Crippen molar-refractivity contribution in [1.29, 1.82) is 0 Å². The summed E-state index contributed by atoms with van der Waals surface area (Å²) in [4.78, 5) is 0. The molecule has 1 heterocycles. The van der Waals surface area contributed by atoms with Crippen molar-refractivity contribution in [2.45, 2.75) is 39.7 Å². The van der Waals surface area contributed by atoms with Gasteiger partial charge in [-0.1, -0.05) is 20.4 Å². The molecule has 1 N–H and O–H groups in total. The zero-order chi connectivity index (χ0) is 8.65. The Kier molecular flexibility index (Phi) is 2.00. The van der Waals surface area contributed by atoms with Gasteiger partial charge in [-0.15, -0.1) is 0 Å². The summed E-state index contributed by atoms with van der Waals surface area (Å²) in [6.07, 6.45) is 1.23. The van der Waals surface area contributed by atoms with E-state index in [1.165, 1.54) is 12.1 Å². The monoisotopic (exact) mass is 155 g/mol. The van der Waals surface area contributed by atoms with Gasteiger partial charge in [-0.05, 0) is 26.2 Å². The summed E-state index contributed by atoms with van der Waals surface area (Å²) < 4.78 is 0. The van der Waals surface area contributed by atoms with Gasteiger partial charge in [0.2, 0.25) is 0 Å². The molecule has 0 amide bonds. The Hall–Kier alpha value is -0.460. The molecule has 0 aromatic heterocycles. The maximum atomic E-state index is 4.04. The van der Waals surface area contributed by atoms with Crippen molar-refractivity contribution in [3.8, 4) is 0 Å². The zero-order valence-corrected chi connectivity index (χ0v) is 8.07. The highest BCUT2D eigenvalue weighted by Gasteiger charge is 2.34. The fourth-order valence-corrected chi connectivity index (χ4v) is 1.89. The van der Waals surface area contributed by atoms with Crippen LogP contribution in [0.15, 0.2) is 12.3 Å². The van der Waals surface area contributed by atoms with Gasteiger partial charge in [-0.3, -0.25) is 0 Å². The van der Waals surface area contributed by atoms with E-state index in [1.807, 2.05) is 0 Å². The van der Waals surface area contributed by atoms with E-state index >= 15 is 0 Å². The topological polar surface area (TPSA) is 12.0 Å². The number of rotatable bonds is 1. The number of nitrogens with one attached hydrogen (secondary N) is 1. The zero-order valence-electron chi connectivity index (χ0n) is 8.07. The molecule has 0 radical (unpaired) electrons. The van der Waals surface area contributed by atoms with Crippen LogP contribution in [0.2, 0.25) is 0 Å². The molecule has 0 spiro atoms. The third-order valence-corrected chi connectivity index (χ3v) is 2.48. The largest absolute Gasteiger partial charge is 0.384 e. The van der Waals surface area contributed by atoms with Crippen LogP contribution in [0.25, 0.3) is 0 Å². The Morgan fingerprint density at radius 3 is 2.36 bits per heavy atom. The van der Waals surface area contributed by atoms with Gasteiger partial charge in [0.25, 0.3) is 0 Å². The molecule has 1 unspecified atom stereocenters. The molecule has 0 aromatic rings. The summed E-state index contributed by atoms with van der Waals surface area (Å²) in [5.74, 6) is 1.39. The van der Waals surface area contributed by atoms with Gasteiger partial charge in [0.15, 0.2) is 0 Å². The third kappa shape index (κ3) is 1.76. The minimum Gasteiger partial charge on any atom is -0.384 e. The molecule has 1 fully saturated rings. The van der Waals surface area contributed by atoms with E-state index < -0.39 is 0 Å². The fourth-order valence-electron chi connectivity index (χ4n) is 1.89. The second kappa shape index (κ2) is 2.54. The van der Waals surface area contributed by atoms with Crippen LogP contribution in [0, 0.1) is 11.8 Å². The number of hydrogen-bond donors (Lipinski definition) is 1. The van der Waals surface area contributed by atoms with Gasteiger partial charge in [-0.25, -0.2) is 0 Å². The lowest BCUT2D eigenvalue weighted by molar-refractivity contribution is 0.389. The van der Waals surface area contributed by atoms with Crippen LogP contribution in [0.1, 0.15) is 35.5 Å². The first-order valence-corrected chi connectivity index (χ1v) is 4.39. The molecule has 1 aliphatic rings. The lowest BCUT2D eigenvalue weighted by Crippen LogP contribution is -2.30. The molecule has 0 aromatic carbocycles. The predicted molar refractivity (Wildman–Crippen MR) is 51.4 cm³/mol. The Balaban J connectivity index is 0.00000121. The first-order chi connectivity index (χ1) is 4.92. The van der Waals surface area contributed by atoms with Gasteiger partial charge < -0.3 is 5.32 Å². The van der Waals surface area contributed by atoms with Crippen LogP contribution >= 0.6 is 0 Å². The highest BCUT2D eigenvalue weighted by molar-refractivity contribution is 5.12. The van der Waals surface area contributed by atoms with Crippen LogP contribution < -0.4 is 5.32 Å². The molecule has 66 valence electrons. The van der Waals surface area contributed by atoms with Gasteiger partial charge in [-0.2, -0.15) is 0 Å². The molecule has 0 bridgehead atoms. The molecule has 1 rings (SSSR count). The highest BCUT2D eigenvalue weighted by atomic mass is 15.0. The Morgan fingerprint density at radius 1 is 1.64 bits per heavy atom. The SMILES string of the molecule is C=C1NC(C)(C)CC1C(C)C.[HH]. The van der Waals surface area contributed by atoms with E-state index in [9.17, 15) is 0 Å². The summed E-state index contributed by atoms with van der Waals surface area (Å²) in [5.41, 5.74) is 1.50. The minimum absolute atomic E-state index is 0. The van der Waals surface area contributed by atoms with Gasteiger partial charge in [0.1, 0.15) is 0 Å². The molecular formula is C10H21N. The molecule has 1 saturated heterocycles. The third-order valence-electron chi connectivity index (χ3n) is 2.48. The average molecular weight is 155 g/mol. The average Bonchev–Trinajstić information content (AvgIpc) is 2.05. The fraction of sp³-hybridized carbons (Fsp3) is 0.800. The lowest BCUT2D eigenvalue weighted by Gasteiger charge is -2.17. The van der Waals surface area contributed by atoms with Gasteiger partial charge >= 0.3 is 0 Å². The Morgan fingerprint density at radius 2 is 2.18 bits per heavy atom. The molecule has 1 heteroatoms. The van der Waals surface area contributed by atoms with Crippen molar-refractivity contribution in [3.63, 3.8) is 0 Å².